The zero-order valence-electron chi connectivity index (χ0n) is 19.8. The van der Waals surface area contributed by atoms with Gasteiger partial charge in [-0.1, -0.05) is 77.8 Å². The van der Waals surface area contributed by atoms with Gasteiger partial charge in [0.1, 0.15) is 0 Å². The molecule has 0 bridgehead atoms. The lowest BCUT2D eigenvalue weighted by Crippen LogP contribution is -2.47. The van der Waals surface area contributed by atoms with Gasteiger partial charge in [0.15, 0.2) is 6.29 Å². The van der Waals surface area contributed by atoms with Crippen LogP contribution in [0.25, 0.3) is 0 Å². The molecule has 0 amide bonds. The predicted molar refractivity (Wildman–Crippen MR) is 123 cm³/mol. The first kappa shape index (κ1) is 26.5. The Morgan fingerprint density at radius 1 is 0.903 bits per heavy atom. The van der Waals surface area contributed by atoms with E-state index in [0.717, 1.165) is 31.2 Å². The van der Waals surface area contributed by atoms with E-state index < -0.39 is 14.1 Å². The summed E-state index contributed by atoms with van der Waals surface area (Å²) in [6, 6.07) is 10.1. The van der Waals surface area contributed by atoms with Gasteiger partial charge >= 0.3 is 7.82 Å². The molecule has 1 aliphatic heterocycles. The fourth-order valence-corrected chi connectivity index (χ4v) is 4.93. The number of hydrogen-bond acceptors (Lipinski definition) is 6. The van der Waals surface area contributed by atoms with Crippen molar-refractivity contribution in [2.45, 2.75) is 79.3 Å². The van der Waals surface area contributed by atoms with Crippen LogP contribution in [0.3, 0.4) is 0 Å². The monoisotopic (exact) mass is 456 g/mol. The maximum absolute atomic E-state index is 13.3. The Hall–Kier alpha value is -0.750. The van der Waals surface area contributed by atoms with E-state index in [-0.39, 0.29) is 17.9 Å². The van der Waals surface area contributed by atoms with Crippen LogP contribution in [0.1, 0.15) is 65.9 Å². The molecule has 0 saturated carbocycles. The Balaban J connectivity index is 1.99. The first-order valence-corrected chi connectivity index (χ1v) is 13.2. The van der Waals surface area contributed by atoms with Crippen molar-refractivity contribution in [3.63, 3.8) is 0 Å². The van der Waals surface area contributed by atoms with Crippen LogP contribution >= 0.6 is 7.82 Å². The molecule has 0 aliphatic carbocycles. The third-order valence-electron chi connectivity index (χ3n) is 6.10. The van der Waals surface area contributed by atoms with Crippen LogP contribution in [0, 0.1) is 17.8 Å². The van der Waals surface area contributed by atoms with Crippen LogP contribution in [0.15, 0.2) is 30.3 Å². The average Bonchev–Trinajstić information content (AvgIpc) is 2.76. The highest BCUT2D eigenvalue weighted by Crippen LogP contribution is 2.53. The molecule has 0 aromatic heterocycles. The van der Waals surface area contributed by atoms with E-state index in [1.54, 1.807) is 0 Å². The minimum atomic E-state index is -3.70. The maximum atomic E-state index is 13.3. The summed E-state index contributed by atoms with van der Waals surface area (Å²) in [6.07, 6.45) is 2.68. The third-order valence-corrected chi connectivity index (χ3v) is 7.57. The molecule has 2 rings (SSSR count). The average molecular weight is 457 g/mol. The maximum Gasteiger partial charge on any atom is 0.477 e. The van der Waals surface area contributed by atoms with Gasteiger partial charge in [-0.2, -0.15) is 0 Å². The Morgan fingerprint density at radius 2 is 1.52 bits per heavy atom. The molecule has 0 radical (unpaired) electrons. The van der Waals surface area contributed by atoms with Crippen molar-refractivity contribution >= 4 is 7.82 Å². The van der Waals surface area contributed by atoms with E-state index >= 15 is 0 Å². The molecule has 31 heavy (non-hydrogen) atoms. The molecule has 0 N–H and O–H groups in total. The van der Waals surface area contributed by atoms with Crippen LogP contribution < -0.4 is 0 Å². The van der Waals surface area contributed by atoms with Crippen molar-refractivity contribution in [1.29, 1.82) is 0 Å². The van der Waals surface area contributed by atoms with Crippen LogP contribution in [0.4, 0.5) is 0 Å². The second kappa shape index (κ2) is 13.7. The molecule has 1 aromatic rings. The summed E-state index contributed by atoms with van der Waals surface area (Å²) in [7, 11) is -3.70. The Kier molecular flexibility index (Phi) is 11.7. The SMILES string of the molecule is CCCCOP(=O)(OCCCC)O[C@@H]1OC(COCc2ccccc2)[C@@H](C)[C@H](C)C1C. The van der Waals surface area contributed by atoms with Gasteiger partial charge in [0.2, 0.25) is 0 Å². The summed E-state index contributed by atoms with van der Waals surface area (Å²) in [5, 5.41) is 0. The Morgan fingerprint density at radius 3 is 2.10 bits per heavy atom. The molecule has 1 saturated heterocycles. The van der Waals surface area contributed by atoms with Gasteiger partial charge in [-0.15, -0.1) is 0 Å². The highest BCUT2D eigenvalue weighted by atomic mass is 31.2. The first-order valence-electron chi connectivity index (χ1n) is 11.7. The lowest BCUT2D eigenvalue weighted by molar-refractivity contribution is -0.230. The van der Waals surface area contributed by atoms with E-state index in [1.165, 1.54) is 0 Å². The number of phosphoric ester groups is 1. The molecule has 5 atom stereocenters. The molecule has 0 spiro atoms. The van der Waals surface area contributed by atoms with E-state index in [2.05, 4.69) is 34.6 Å². The third kappa shape index (κ3) is 8.60. The lowest BCUT2D eigenvalue weighted by atomic mass is 9.79. The normalized spacial score (nSPS) is 26.8. The van der Waals surface area contributed by atoms with Crippen LogP contribution in [-0.4, -0.2) is 32.2 Å². The van der Waals surface area contributed by atoms with Gasteiger partial charge in [0.25, 0.3) is 0 Å². The van der Waals surface area contributed by atoms with E-state index in [9.17, 15) is 4.57 Å². The number of unbranched alkanes of at least 4 members (excludes halogenated alkanes) is 2. The van der Waals surface area contributed by atoms with E-state index in [0.29, 0.717) is 32.3 Å². The summed E-state index contributed by atoms with van der Waals surface area (Å²) in [4.78, 5) is 0. The number of rotatable bonds is 14. The van der Waals surface area contributed by atoms with Crippen molar-refractivity contribution < 1.29 is 27.6 Å². The van der Waals surface area contributed by atoms with Gasteiger partial charge in [0, 0.05) is 5.92 Å². The van der Waals surface area contributed by atoms with Gasteiger partial charge in [0.05, 0.1) is 32.5 Å². The fraction of sp³-hybridized carbons (Fsp3) is 0.750. The summed E-state index contributed by atoms with van der Waals surface area (Å²) in [5.41, 5.74) is 1.12. The Labute approximate surface area is 188 Å². The molecule has 6 nitrogen and oxygen atoms in total. The second-order valence-electron chi connectivity index (χ2n) is 8.55. The molecule has 1 heterocycles. The minimum absolute atomic E-state index is 0.0539. The predicted octanol–water partition coefficient (Wildman–Crippen LogP) is 6.59. The van der Waals surface area contributed by atoms with Crippen molar-refractivity contribution in [3.8, 4) is 0 Å². The van der Waals surface area contributed by atoms with Crippen molar-refractivity contribution in [2.24, 2.45) is 17.8 Å². The van der Waals surface area contributed by atoms with E-state index in [4.69, 9.17) is 23.0 Å². The Bertz CT molecular complexity index is 641. The van der Waals surface area contributed by atoms with Crippen LogP contribution in [-0.2, 0) is 34.2 Å². The first-order chi connectivity index (χ1) is 14.9. The number of ether oxygens (including phenoxy) is 2. The van der Waals surface area contributed by atoms with Crippen molar-refractivity contribution in [1.82, 2.24) is 0 Å². The minimum Gasteiger partial charge on any atom is -0.374 e. The largest absolute Gasteiger partial charge is 0.477 e. The van der Waals surface area contributed by atoms with Crippen LogP contribution in [0.5, 0.6) is 0 Å². The van der Waals surface area contributed by atoms with E-state index in [1.807, 2.05) is 30.3 Å². The second-order valence-corrected chi connectivity index (χ2v) is 10.2. The standard InChI is InChI=1S/C24H41O6P/c1-6-8-15-27-31(25,28-16-9-7-2)30-24-21(5)19(3)20(4)23(29-24)18-26-17-22-13-11-10-12-14-22/h10-14,19-21,23-24H,6-9,15-18H2,1-5H3/t19-,20-,21?,23?,24-/m0/s1. The van der Waals surface area contributed by atoms with Crippen LogP contribution in [0.2, 0.25) is 0 Å². The highest BCUT2D eigenvalue weighted by molar-refractivity contribution is 7.48. The molecule has 1 aliphatic rings. The number of benzene rings is 1. The summed E-state index contributed by atoms with van der Waals surface area (Å²) >= 11 is 0. The van der Waals surface area contributed by atoms with Gasteiger partial charge in [-0.3, -0.25) is 13.6 Å². The molecular weight excluding hydrogens is 415 g/mol. The number of hydrogen-bond donors (Lipinski definition) is 0. The molecule has 2 unspecified atom stereocenters. The zero-order valence-corrected chi connectivity index (χ0v) is 20.7. The summed E-state index contributed by atoms with van der Waals surface area (Å²) in [6.45, 7) is 12.2. The van der Waals surface area contributed by atoms with Gasteiger partial charge in [-0.25, -0.2) is 4.57 Å². The molecule has 1 fully saturated rings. The van der Waals surface area contributed by atoms with Crippen molar-refractivity contribution in [2.75, 3.05) is 19.8 Å². The smallest absolute Gasteiger partial charge is 0.374 e. The summed E-state index contributed by atoms with van der Waals surface area (Å²) < 4.78 is 42.6. The molecule has 1 aromatic carbocycles. The number of phosphoric acid groups is 1. The highest BCUT2D eigenvalue weighted by Gasteiger charge is 2.43. The zero-order chi connectivity index (χ0) is 22.7. The van der Waals surface area contributed by atoms with Gasteiger partial charge < -0.3 is 9.47 Å². The summed E-state index contributed by atoms with van der Waals surface area (Å²) in [5.74, 6) is 0.647. The van der Waals surface area contributed by atoms with Gasteiger partial charge in [-0.05, 0) is 30.2 Å². The fourth-order valence-electron chi connectivity index (χ4n) is 3.53. The lowest BCUT2D eigenvalue weighted by Gasteiger charge is -2.43. The molecule has 7 heteroatoms. The quantitative estimate of drug-likeness (QED) is 0.232. The van der Waals surface area contributed by atoms with Crippen molar-refractivity contribution in [3.05, 3.63) is 35.9 Å². The molecular formula is C24H41O6P. The topological polar surface area (TPSA) is 63.2 Å². The molecule has 178 valence electrons.